The van der Waals surface area contributed by atoms with Crippen molar-refractivity contribution < 1.29 is 0 Å². The Labute approximate surface area is 127 Å². The second-order valence-corrected chi connectivity index (χ2v) is 6.23. The molecular formula is C19H24N2. The summed E-state index contributed by atoms with van der Waals surface area (Å²) in [4.78, 5) is 0. The minimum Gasteiger partial charge on any atom is -0.384 e. The molecule has 3 N–H and O–H groups in total. The number of hydrogen-bond donors (Lipinski definition) is 2. The lowest BCUT2D eigenvalue weighted by atomic mass is 9.69. The van der Waals surface area contributed by atoms with Crippen molar-refractivity contribution in [2.45, 2.75) is 25.7 Å². The molecule has 110 valence electrons. The Balaban J connectivity index is 1.70. The van der Waals surface area contributed by atoms with Crippen LogP contribution in [0.4, 0.5) is 5.69 Å². The van der Waals surface area contributed by atoms with Crippen molar-refractivity contribution in [3.8, 4) is 0 Å². The van der Waals surface area contributed by atoms with E-state index >= 15 is 0 Å². The molecule has 1 saturated carbocycles. The highest BCUT2D eigenvalue weighted by molar-refractivity contribution is 5.53. The Bertz CT molecular complexity index is 568. The van der Waals surface area contributed by atoms with Gasteiger partial charge in [-0.1, -0.05) is 55.0 Å². The van der Waals surface area contributed by atoms with Crippen molar-refractivity contribution in [2.75, 3.05) is 18.4 Å². The largest absolute Gasteiger partial charge is 0.384 e. The molecule has 1 aliphatic carbocycles. The molecule has 0 atom stereocenters. The zero-order valence-electron chi connectivity index (χ0n) is 12.5. The first-order valence-electron chi connectivity index (χ1n) is 7.87. The van der Waals surface area contributed by atoms with Crippen molar-refractivity contribution in [2.24, 2.45) is 11.1 Å². The van der Waals surface area contributed by atoms with E-state index in [4.69, 9.17) is 5.73 Å². The van der Waals surface area contributed by atoms with Crippen molar-refractivity contribution in [1.82, 2.24) is 0 Å². The van der Waals surface area contributed by atoms with Crippen molar-refractivity contribution in [3.63, 3.8) is 0 Å². The van der Waals surface area contributed by atoms with E-state index in [1.165, 1.54) is 36.1 Å². The summed E-state index contributed by atoms with van der Waals surface area (Å²) in [5, 5.41) is 3.65. The summed E-state index contributed by atoms with van der Waals surface area (Å²) in [5.74, 6) is 0. The highest BCUT2D eigenvalue weighted by atomic mass is 14.9. The number of hydrogen-bond acceptors (Lipinski definition) is 2. The molecule has 2 aromatic rings. The van der Waals surface area contributed by atoms with Gasteiger partial charge in [0, 0.05) is 12.2 Å². The first-order valence-corrected chi connectivity index (χ1v) is 7.87. The van der Waals surface area contributed by atoms with Gasteiger partial charge in [-0.25, -0.2) is 0 Å². The fraction of sp³-hybridized carbons (Fsp3) is 0.368. The number of para-hydroxylation sites is 1. The first kappa shape index (κ1) is 14.2. The van der Waals surface area contributed by atoms with Gasteiger partial charge in [0.05, 0.1) is 0 Å². The monoisotopic (exact) mass is 280 g/mol. The Morgan fingerprint density at radius 3 is 2.33 bits per heavy atom. The summed E-state index contributed by atoms with van der Waals surface area (Å²) in [6.07, 6.45) is 4.82. The summed E-state index contributed by atoms with van der Waals surface area (Å²) in [7, 11) is 0. The van der Waals surface area contributed by atoms with Gasteiger partial charge in [-0.15, -0.1) is 0 Å². The third-order valence-corrected chi connectivity index (χ3v) is 4.76. The maximum absolute atomic E-state index is 5.95. The van der Waals surface area contributed by atoms with E-state index in [1.807, 2.05) is 0 Å². The lowest BCUT2D eigenvalue weighted by Crippen LogP contribution is -2.43. The Hall–Kier alpha value is -1.80. The van der Waals surface area contributed by atoms with Gasteiger partial charge < -0.3 is 11.1 Å². The maximum Gasteiger partial charge on any atom is 0.0376 e. The molecular weight excluding hydrogens is 256 g/mol. The number of anilines is 1. The summed E-state index contributed by atoms with van der Waals surface area (Å²) < 4.78 is 0. The number of nitrogens with one attached hydrogen (secondary N) is 1. The maximum atomic E-state index is 5.95. The van der Waals surface area contributed by atoms with E-state index in [9.17, 15) is 0 Å². The summed E-state index contributed by atoms with van der Waals surface area (Å²) in [6, 6.07) is 19.3. The SMILES string of the molecule is NCC1(CNc2ccccc2Cc2ccccc2)CCC1. The highest BCUT2D eigenvalue weighted by Gasteiger charge is 2.35. The van der Waals surface area contributed by atoms with Gasteiger partial charge in [-0.3, -0.25) is 0 Å². The van der Waals surface area contributed by atoms with Crippen molar-refractivity contribution in [3.05, 3.63) is 65.7 Å². The molecule has 0 radical (unpaired) electrons. The quantitative estimate of drug-likeness (QED) is 0.844. The van der Waals surface area contributed by atoms with Crippen LogP contribution in [0, 0.1) is 5.41 Å². The molecule has 2 nitrogen and oxygen atoms in total. The zero-order valence-corrected chi connectivity index (χ0v) is 12.5. The minimum atomic E-state index is 0.333. The number of rotatable bonds is 6. The fourth-order valence-corrected chi connectivity index (χ4v) is 3.08. The molecule has 0 bridgehead atoms. The highest BCUT2D eigenvalue weighted by Crippen LogP contribution is 2.40. The van der Waals surface area contributed by atoms with E-state index in [2.05, 4.69) is 59.9 Å². The standard InChI is InChI=1S/C19H24N2/c20-14-19(11-6-12-19)15-21-18-10-5-4-9-17(18)13-16-7-2-1-3-8-16/h1-5,7-10,21H,6,11-15,20H2. The van der Waals surface area contributed by atoms with Gasteiger partial charge in [0.1, 0.15) is 0 Å². The van der Waals surface area contributed by atoms with Gasteiger partial charge in [-0.2, -0.15) is 0 Å². The molecule has 0 aromatic heterocycles. The van der Waals surface area contributed by atoms with E-state index in [0.717, 1.165) is 19.5 Å². The predicted molar refractivity (Wildman–Crippen MR) is 89.5 cm³/mol. The Morgan fingerprint density at radius 1 is 0.952 bits per heavy atom. The Morgan fingerprint density at radius 2 is 1.67 bits per heavy atom. The zero-order chi connectivity index (χ0) is 14.5. The van der Waals surface area contributed by atoms with Crippen LogP contribution in [-0.2, 0) is 6.42 Å². The second kappa shape index (κ2) is 6.31. The lowest BCUT2D eigenvalue weighted by molar-refractivity contribution is 0.163. The van der Waals surface area contributed by atoms with Crippen molar-refractivity contribution >= 4 is 5.69 Å². The van der Waals surface area contributed by atoms with Gasteiger partial charge >= 0.3 is 0 Å². The molecule has 0 amide bonds. The molecule has 0 heterocycles. The van der Waals surface area contributed by atoms with Crippen LogP contribution in [0.1, 0.15) is 30.4 Å². The topological polar surface area (TPSA) is 38.0 Å². The number of nitrogens with two attached hydrogens (primary N) is 1. The van der Waals surface area contributed by atoms with E-state index < -0.39 is 0 Å². The molecule has 2 heteroatoms. The van der Waals surface area contributed by atoms with Gasteiger partial charge in [0.25, 0.3) is 0 Å². The van der Waals surface area contributed by atoms with E-state index in [1.54, 1.807) is 0 Å². The van der Waals surface area contributed by atoms with Crippen LogP contribution in [0.2, 0.25) is 0 Å². The summed E-state index contributed by atoms with van der Waals surface area (Å²) in [6.45, 7) is 1.79. The van der Waals surface area contributed by atoms with Crippen LogP contribution >= 0.6 is 0 Å². The smallest absolute Gasteiger partial charge is 0.0376 e. The van der Waals surface area contributed by atoms with Crippen LogP contribution < -0.4 is 11.1 Å². The van der Waals surface area contributed by atoms with E-state index in [-0.39, 0.29) is 0 Å². The molecule has 1 fully saturated rings. The van der Waals surface area contributed by atoms with Crippen LogP contribution in [0.25, 0.3) is 0 Å². The lowest BCUT2D eigenvalue weighted by Gasteiger charge is -2.41. The second-order valence-electron chi connectivity index (χ2n) is 6.23. The van der Waals surface area contributed by atoms with Crippen LogP contribution in [0.5, 0.6) is 0 Å². The molecule has 1 aliphatic rings. The molecule has 2 aromatic carbocycles. The Kier molecular flexibility index (Phi) is 4.26. The average Bonchev–Trinajstić information content (AvgIpc) is 2.49. The third kappa shape index (κ3) is 3.27. The minimum absolute atomic E-state index is 0.333. The molecule has 0 spiro atoms. The van der Waals surface area contributed by atoms with Crippen LogP contribution in [0.15, 0.2) is 54.6 Å². The summed E-state index contributed by atoms with van der Waals surface area (Å²) in [5.41, 5.74) is 10.2. The van der Waals surface area contributed by atoms with Gasteiger partial charge in [-0.05, 0) is 48.4 Å². The molecule has 0 aliphatic heterocycles. The third-order valence-electron chi connectivity index (χ3n) is 4.76. The molecule has 0 saturated heterocycles. The summed E-state index contributed by atoms with van der Waals surface area (Å²) >= 11 is 0. The molecule has 21 heavy (non-hydrogen) atoms. The predicted octanol–water partition coefficient (Wildman–Crippen LogP) is 3.82. The fourth-order valence-electron chi connectivity index (χ4n) is 3.08. The first-order chi connectivity index (χ1) is 10.3. The van der Waals surface area contributed by atoms with Gasteiger partial charge in [0.15, 0.2) is 0 Å². The normalized spacial score (nSPS) is 16.2. The molecule has 3 rings (SSSR count). The van der Waals surface area contributed by atoms with Crippen LogP contribution in [-0.4, -0.2) is 13.1 Å². The molecule has 0 unspecified atom stereocenters. The average molecular weight is 280 g/mol. The van der Waals surface area contributed by atoms with Crippen molar-refractivity contribution in [1.29, 1.82) is 0 Å². The van der Waals surface area contributed by atoms with E-state index in [0.29, 0.717) is 5.41 Å². The number of benzene rings is 2. The van der Waals surface area contributed by atoms with Crippen LogP contribution in [0.3, 0.4) is 0 Å². The van der Waals surface area contributed by atoms with Gasteiger partial charge in [0.2, 0.25) is 0 Å².